The molecule has 1 heteroatoms. The summed E-state index contributed by atoms with van der Waals surface area (Å²) in [6.07, 6.45) is 11.6. The Bertz CT molecular complexity index is 520. The quantitative estimate of drug-likeness (QED) is 0.679. The minimum absolute atomic E-state index is 0.300. The molecule has 1 saturated carbocycles. The zero-order valence-corrected chi connectivity index (χ0v) is 10.6. The Labute approximate surface area is 103 Å². The molecule has 0 radical (unpaired) electrons. The molecule has 2 rings (SSSR count). The Morgan fingerprint density at radius 1 is 1.41 bits per heavy atom. The van der Waals surface area contributed by atoms with Crippen LogP contribution in [0.15, 0.2) is 65.5 Å². The lowest BCUT2D eigenvalue weighted by Gasteiger charge is -2.27. The molecule has 0 saturated heterocycles. The normalized spacial score (nSPS) is 38.0. The van der Waals surface area contributed by atoms with Gasteiger partial charge in [-0.25, -0.2) is 0 Å². The minimum Gasteiger partial charge on any atom is -0.381 e. The molecule has 1 nitrogen and oxygen atoms in total. The van der Waals surface area contributed by atoms with Crippen molar-refractivity contribution in [2.24, 2.45) is 5.41 Å². The lowest BCUT2D eigenvalue weighted by Crippen LogP contribution is -2.27. The molecule has 0 aromatic heterocycles. The van der Waals surface area contributed by atoms with Gasteiger partial charge in [-0.15, -0.1) is 5.73 Å². The number of fused-ring (bicyclic) bond motifs is 1. The maximum absolute atomic E-state index is 10.7. The van der Waals surface area contributed by atoms with E-state index >= 15 is 0 Å². The Kier molecular flexibility index (Phi) is 2.61. The molecular weight excluding hydrogens is 208 g/mol. The maximum atomic E-state index is 10.7. The average molecular weight is 226 g/mol. The summed E-state index contributed by atoms with van der Waals surface area (Å²) in [5.74, 6) is 0. The summed E-state index contributed by atoms with van der Waals surface area (Å²) in [5.41, 5.74) is 4.67. The van der Waals surface area contributed by atoms with Crippen LogP contribution in [0, 0.1) is 5.41 Å². The second-order valence-electron chi connectivity index (χ2n) is 4.92. The van der Waals surface area contributed by atoms with E-state index in [2.05, 4.69) is 19.2 Å². The summed E-state index contributed by atoms with van der Waals surface area (Å²) >= 11 is 0. The van der Waals surface area contributed by atoms with Gasteiger partial charge in [0.2, 0.25) is 0 Å². The van der Waals surface area contributed by atoms with Crippen LogP contribution in [0.2, 0.25) is 0 Å². The van der Waals surface area contributed by atoms with Crippen molar-refractivity contribution in [2.75, 3.05) is 0 Å². The van der Waals surface area contributed by atoms with Crippen molar-refractivity contribution in [3.8, 4) is 0 Å². The molecule has 17 heavy (non-hydrogen) atoms. The molecule has 0 bridgehead atoms. The monoisotopic (exact) mass is 226 g/mol. The van der Waals surface area contributed by atoms with E-state index in [1.54, 1.807) is 0 Å². The van der Waals surface area contributed by atoms with Crippen molar-refractivity contribution in [2.45, 2.75) is 26.4 Å². The third kappa shape index (κ3) is 1.51. The van der Waals surface area contributed by atoms with Crippen molar-refractivity contribution in [1.82, 2.24) is 0 Å². The van der Waals surface area contributed by atoms with Crippen LogP contribution in [0.25, 0.3) is 0 Å². The van der Waals surface area contributed by atoms with E-state index in [-0.39, 0.29) is 5.41 Å². The van der Waals surface area contributed by atoms with Crippen LogP contribution in [0.3, 0.4) is 0 Å². The Morgan fingerprint density at radius 3 is 2.71 bits per heavy atom. The van der Waals surface area contributed by atoms with Crippen molar-refractivity contribution < 1.29 is 5.11 Å². The summed E-state index contributed by atoms with van der Waals surface area (Å²) in [7, 11) is 0. The molecule has 0 spiro atoms. The molecule has 2 aliphatic rings. The number of hydrogen-bond acceptors (Lipinski definition) is 1. The number of rotatable bonds is 1. The van der Waals surface area contributed by atoms with Crippen LogP contribution in [0.4, 0.5) is 0 Å². The first-order chi connectivity index (χ1) is 7.94. The molecule has 0 aromatic rings. The Morgan fingerprint density at radius 2 is 2.12 bits per heavy atom. The molecule has 0 amide bonds. The summed E-state index contributed by atoms with van der Waals surface area (Å²) in [4.78, 5) is 0. The Balaban J connectivity index is 2.64. The highest BCUT2D eigenvalue weighted by atomic mass is 16.3. The molecule has 2 aliphatic carbocycles. The van der Waals surface area contributed by atoms with Gasteiger partial charge in [-0.1, -0.05) is 30.9 Å². The van der Waals surface area contributed by atoms with E-state index in [4.69, 9.17) is 0 Å². The van der Waals surface area contributed by atoms with Gasteiger partial charge in [0, 0.05) is 5.41 Å². The van der Waals surface area contributed by atoms with Crippen molar-refractivity contribution in [3.63, 3.8) is 0 Å². The average Bonchev–Trinajstić information content (AvgIpc) is 2.43. The van der Waals surface area contributed by atoms with Gasteiger partial charge in [-0.3, -0.25) is 0 Å². The third-order valence-electron chi connectivity index (χ3n) is 3.73. The van der Waals surface area contributed by atoms with Gasteiger partial charge in [-0.2, -0.15) is 0 Å². The molecule has 2 unspecified atom stereocenters. The highest BCUT2D eigenvalue weighted by Gasteiger charge is 2.51. The molecule has 2 atom stereocenters. The summed E-state index contributed by atoms with van der Waals surface area (Å²) in [5, 5.41) is 10.7. The fourth-order valence-electron chi connectivity index (χ4n) is 2.69. The molecule has 0 aliphatic heterocycles. The molecule has 88 valence electrons. The van der Waals surface area contributed by atoms with Crippen LogP contribution >= 0.6 is 0 Å². The predicted octanol–water partition coefficient (Wildman–Crippen LogP) is 3.47. The highest BCUT2D eigenvalue weighted by molar-refractivity contribution is 5.63. The van der Waals surface area contributed by atoms with Crippen molar-refractivity contribution in [3.05, 3.63) is 65.5 Å². The number of aliphatic hydroxyl groups is 1. The topological polar surface area (TPSA) is 20.2 Å². The van der Waals surface area contributed by atoms with E-state index in [9.17, 15) is 5.11 Å². The first-order valence-corrected chi connectivity index (χ1v) is 5.85. The third-order valence-corrected chi connectivity index (χ3v) is 3.73. The first kappa shape index (κ1) is 11.9. The fourth-order valence-corrected chi connectivity index (χ4v) is 2.69. The van der Waals surface area contributed by atoms with Crippen LogP contribution in [0.5, 0.6) is 0 Å². The zero-order valence-electron chi connectivity index (χ0n) is 10.6. The smallest absolute Gasteiger partial charge is 0.110 e. The van der Waals surface area contributed by atoms with E-state index in [1.165, 1.54) is 0 Å². The fraction of sp³-hybridized carbons (Fsp3) is 0.312. The Hall–Kier alpha value is -1.56. The maximum Gasteiger partial charge on any atom is 0.110 e. The highest BCUT2D eigenvalue weighted by Crippen LogP contribution is 2.56. The summed E-state index contributed by atoms with van der Waals surface area (Å²) in [6, 6.07) is 0. The van der Waals surface area contributed by atoms with Crippen LogP contribution in [-0.4, -0.2) is 10.7 Å². The number of allylic oxidation sites excluding steroid dienone is 5. The molecule has 1 fully saturated rings. The lowest BCUT2D eigenvalue weighted by molar-refractivity contribution is 0.142. The molecule has 0 heterocycles. The SMILES string of the molecule is C=C1/C(=C\C=C/C)C(C)(O)C2=CC=C=CC12C. The van der Waals surface area contributed by atoms with Gasteiger partial charge in [0.15, 0.2) is 0 Å². The van der Waals surface area contributed by atoms with E-state index < -0.39 is 5.60 Å². The molecular formula is C16H18O. The summed E-state index contributed by atoms with van der Waals surface area (Å²) < 4.78 is 0. The standard InChI is InChI=1S/C16H18O/c1-5-6-9-13-12(2)15(3)11-8-7-10-14(15)16(13,4)17/h5-7,9-11,17H,2H2,1,3-4H3/b6-5-,13-9+. The van der Waals surface area contributed by atoms with Crippen molar-refractivity contribution >= 4 is 0 Å². The van der Waals surface area contributed by atoms with E-state index in [0.717, 1.165) is 16.7 Å². The second kappa shape index (κ2) is 3.73. The molecule has 0 aromatic carbocycles. The van der Waals surface area contributed by atoms with Gasteiger partial charge in [0.25, 0.3) is 0 Å². The van der Waals surface area contributed by atoms with E-state index in [0.29, 0.717) is 0 Å². The molecule has 1 N–H and O–H groups in total. The van der Waals surface area contributed by atoms with Crippen LogP contribution in [-0.2, 0) is 0 Å². The van der Waals surface area contributed by atoms with Crippen LogP contribution in [0.1, 0.15) is 20.8 Å². The van der Waals surface area contributed by atoms with Gasteiger partial charge in [0.05, 0.1) is 0 Å². The van der Waals surface area contributed by atoms with Crippen LogP contribution < -0.4 is 0 Å². The van der Waals surface area contributed by atoms with Gasteiger partial charge in [0.1, 0.15) is 5.60 Å². The van der Waals surface area contributed by atoms with E-state index in [1.807, 2.05) is 50.3 Å². The minimum atomic E-state index is -0.944. The lowest BCUT2D eigenvalue weighted by atomic mass is 9.78. The van der Waals surface area contributed by atoms with Crippen molar-refractivity contribution in [1.29, 1.82) is 0 Å². The number of hydrogen-bond donors (Lipinski definition) is 1. The first-order valence-electron chi connectivity index (χ1n) is 5.85. The summed E-state index contributed by atoms with van der Waals surface area (Å²) in [6.45, 7) is 10.0. The van der Waals surface area contributed by atoms with Gasteiger partial charge in [-0.05, 0) is 49.6 Å². The van der Waals surface area contributed by atoms with Gasteiger partial charge >= 0.3 is 0 Å². The van der Waals surface area contributed by atoms with Gasteiger partial charge < -0.3 is 5.11 Å². The largest absolute Gasteiger partial charge is 0.381 e. The predicted molar refractivity (Wildman–Crippen MR) is 71.5 cm³/mol. The second-order valence-corrected chi connectivity index (χ2v) is 4.92. The zero-order chi connectivity index (χ0) is 12.7.